The Hall–Kier alpha value is -2.06. The molecule has 5 rings (SSSR count). The Bertz CT molecular complexity index is 889. The lowest BCUT2D eigenvalue weighted by Gasteiger charge is -2.50. The van der Waals surface area contributed by atoms with Gasteiger partial charge in [0.1, 0.15) is 12.4 Å². The van der Waals surface area contributed by atoms with Gasteiger partial charge < -0.3 is 9.47 Å². The lowest BCUT2D eigenvalue weighted by Crippen LogP contribution is -2.44. The van der Waals surface area contributed by atoms with E-state index in [2.05, 4.69) is 56.0 Å². The molecule has 0 bridgehead atoms. The summed E-state index contributed by atoms with van der Waals surface area (Å²) in [4.78, 5) is 0. The van der Waals surface area contributed by atoms with Crippen LogP contribution in [0.25, 0.3) is 0 Å². The van der Waals surface area contributed by atoms with Crippen molar-refractivity contribution in [1.29, 1.82) is 0 Å². The summed E-state index contributed by atoms with van der Waals surface area (Å²) in [6.45, 7) is 7.67. The molecule has 0 heterocycles. The van der Waals surface area contributed by atoms with Gasteiger partial charge in [-0.15, -0.1) is 6.58 Å². The second-order valence-corrected chi connectivity index (χ2v) is 9.78. The molecular formula is C28H34O2. The van der Waals surface area contributed by atoms with Crippen LogP contribution in [-0.4, -0.2) is 12.7 Å². The first kappa shape index (κ1) is 19.9. The minimum atomic E-state index is 0.348. The fraction of sp³-hybridized carbons (Fsp3) is 0.500. The van der Waals surface area contributed by atoms with Gasteiger partial charge in [-0.3, -0.25) is 0 Å². The maximum absolute atomic E-state index is 6.22. The van der Waals surface area contributed by atoms with Gasteiger partial charge in [0.15, 0.2) is 0 Å². The number of benzene rings is 2. The Morgan fingerprint density at radius 3 is 2.77 bits per heavy atom. The second kappa shape index (κ2) is 8.23. The molecule has 0 aliphatic heterocycles. The van der Waals surface area contributed by atoms with Gasteiger partial charge in [0, 0.05) is 0 Å². The number of hydrogen-bond donors (Lipinski definition) is 0. The molecule has 0 aromatic heterocycles. The largest absolute Gasteiger partial charge is 0.489 e. The Kier molecular flexibility index (Phi) is 5.45. The van der Waals surface area contributed by atoms with Crippen LogP contribution in [0.2, 0.25) is 0 Å². The summed E-state index contributed by atoms with van der Waals surface area (Å²) < 4.78 is 12.3. The minimum Gasteiger partial charge on any atom is -0.489 e. The molecule has 2 nitrogen and oxygen atoms in total. The summed E-state index contributed by atoms with van der Waals surface area (Å²) >= 11 is 0. The van der Waals surface area contributed by atoms with Crippen LogP contribution in [0.1, 0.15) is 61.6 Å². The molecule has 0 amide bonds. The molecule has 0 spiro atoms. The summed E-state index contributed by atoms with van der Waals surface area (Å²) in [5.74, 6) is 3.33. The predicted molar refractivity (Wildman–Crippen MR) is 122 cm³/mol. The summed E-state index contributed by atoms with van der Waals surface area (Å²) in [6.07, 6.45) is 9.94. The fourth-order valence-electron chi connectivity index (χ4n) is 6.80. The molecule has 2 aromatic rings. The van der Waals surface area contributed by atoms with Crippen molar-refractivity contribution in [1.82, 2.24) is 0 Å². The van der Waals surface area contributed by atoms with Gasteiger partial charge >= 0.3 is 0 Å². The highest BCUT2D eigenvalue weighted by atomic mass is 16.5. The van der Waals surface area contributed by atoms with Crippen molar-refractivity contribution in [2.75, 3.05) is 6.61 Å². The van der Waals surface area contributed by atoms with Crippen LogP contribution in [0.15, 0.2) is 61.2 Å². The SMILES string of the molecule is C=CCOC1CCC2C3CCc4cc(OCc5ccccc5)ccc4C3CCC12C. The van der Waals surface area contributed by atoms with Crippen LogP contribution in [-0.2, 0) is 17.8 Å². The molecule has 0 saturated heterocycles. The van der Waals surface area contributed by atoms with E-state index < -0.39 is 0 Å². The zero-order chi connectivity index (χ0) is 20.6. The second-order valence-electron chi connectivity index (χ2n) is 9.78. The van der Waals surface area contributed by atoms with Gasteiger partial charge in [0.05, 0.1) is 12.7 Å². The van der Waals surface area contributed by atoms with E-state index in [0.29, 0.717) is 30.7 Å². The van der Waals surface area contributed by atoms with Gasteiger partial charge in [-0.1, -0.05) is 49.4 Å². The molecular weight excluding hydrogens is 368 g/mol. The summed E-state index contributed by atoms with van der Waals surface area (Å²) in [5, 5.41) is 0. The topological polar surface area (TPSA) is 18.5 Å². The number of hydrogen-bond acceptors (Lipinski definition) is 2. The van der Waals surface area contributed by atoms with E-state index in [-0.39, 0.29) is 0 Å². The third-order valence-corrected chi connectivity index (χ3v) is 8.27. The molecule has 2 fully saturated rings. The Labute approximate surface area is 181 Å². The fourth-order valence-corrected chi connectivity index (χ4v) is 6.80. The zero-order valence-corrected chi connectivity index (χ0v) is 18.2. The number of rotatable bonds is 6. The smallest absolute Gasteiger partial charge is 0.120 e. The normalized spacial score (nSPS) is 32.0. The first-order valence-corrected chi connectivity index (χ1v) is 11.7. The molecule has 0 N–H and O–H groups in total. The van der Waals surface area contributed by atoms with E-state index in [0.717, 1.165) is 17.6 Å². The lowest BCUT2D eigenvalue weighted by atomic mass is 9.55. The predicted octanol–water partition coefficient (Wildman–Crippen LogP) is 6.69. The third-order valence-electron chi connectivity index (χ3n) is 8.27. The van der Waals surface area contributed by atoms with Gasteiger partial charge in [-0.05, 0) is 90.5 Å². The number of ether oxygens (including phenoxy) is 2. The quantitative estimate of drug-likeness (QED) is 0.501. The average Bonchev–Trinajstić information content (AvgIpc) is 3.12. The third kappa shape index (κ3) is 3.50. The summed E-state index contributed by atoms with van der Waals surface area (Å²) in [6, 6.07) is 17.3. The Morgan fingerprint density at radius 1 is 1.07 bits per heavy atom. The van der Waals surface area contributed by atoms with Crippen LogP contribution >= 0.6 is 0 Å². The minimum absolute atomic E-state index is 0.348. The zero-order valence-electron chi connectivity index (χ0n) is 18.2. The highest BCUT2D eigenvalue weighted by Crippen LogP contribution is 2.61. The average molecular weight is 403 g/mol. The van der Waals surface area contributed by atoms with Crippen molar-refractivity contribution in [3.05, 3.63) is 77.9 Å². The van der Waals surface area contributed by atoms with Crippen molar-refractivity contribution in [3.8, 4) is 5.75 Å². The molecule has 0 radical (unpaired) electrons. The van der Waals surface area contributed by atoms with Crippen LogP contribution in [0.5, 0.6) is 5.75 Å². The molecule has 2 saturated carbocycles. The molecule has 3 aliphatic rings. The van der Waals surface area contributed by atoms with Crippen LogP contribution in [0.3, 0.4) is 0 Å². The molecule has 5 unspecified atom stereocenters. The lowest BCUT2D eigenvalue weighted by molar-refractivity contribution is -0.0554. The Morgan fingerprint density at radius 2 is 1.93 bits per heavy atom. The van der Waals surface area contributed by atoms with Crippen molar-refractivity contribution >= 4 is 0 Å². The van der Waals surface area contributed by atoms with E-state index in [1.165, 1.54) is 49.7 Å². The van der Waals surface area contributed by atoms with Crippen LogP contribution in [0.4, 0.5) is 0 Å². The molecule has 3 aliphatic carbocycles. The molecule has 2 aromatic carbocycles. The van der Waals surface area contributed by atoms with Gasteiger partial charge in [0.2, 0.25) is 0 Å². The standard InChI is InChI=1S/C28H34O2/c1-3-17-29-27-14-13-26-25-11-9-21-18-22(30-19-20-7-5-4-6-8-20)10-12-23(21)24(25)15-16-28(26,27)2/h3-8,10,12,18,24-27H,1,9,11,13-17,19H2,2H3. The van der Waals surface area contributed by atoms with Crippen LogP contribution < -0.4 is 4.74 Å². The maximum Gasteiger partial charge on any atom is 0.120 e. The van der Waals surface area contributed by atoms with E-state index >= 15 is 0 Å². The van der Waals surface area contributed by atoms with Crippen molar-refractivity contribution in [2.24, 2.45) is 17.3 Å². The highest BCUT2D eigenvalue weighted by Gasteiger charge is 2.55. The van der Waals surface area contributed by atoms with E-state index in [9.17, 15) is 0 Å². The van der Waals surface area contributed by atoms with E-state index in [4.69, 9.17) is 9.47 Å². The van der Waals surface area contributed by atoms with Crippen molar-refractivity contribution < 1.29 is 9.47 Å². The van der Waals surface area contributed by atoms with Crippen molar-refractivity contribution in [3.63, 3.8) is 0 Å². The summed E-state index contributed by atoms with van der Waals surface area (Å²) in [5.41, 5.74) is 4.68. The molecule has 5 atom stereocenters. The van der Waals surface area contributed by atoms with Gasteiger partial charge in [-0.25, -0.2) is 0 Å². The first-order valence-electron chi connectivity index (χ1n) is 11.7. The first-order chi connectivity index (χ1) is 14.7. The van der Waals surface area contributed by atoms with E-state index in [1.54, 1.807) is 5.56 Å². The monoisotopic (exact) mass is 402 g/mol. The Balaban J connectivity index is 1.31. The number of aryl methyl sites for hydroxylation is 1. The molecule has 158 valence electrons. The van der Waals surface area contributed by atoms with Gasteiger partial charge in [-0.2, -0.15) is 0 Å². The molecule has 30 heavy (non-hydrogen) atoms. The van der Waals surface area contributed by atoms with E-state index in [1.807, 2.05) is 12.1 Å². The maximum atomic E-state index is 6.22. The molecule has 2 heteroatoms. The van der Waals surface area contributed by atoms with Gasteiger partial charge in [0.25, 0.3) is 0 Å². The summed E-state index contributed by atoms with van der Waals surface area (Å²) in [7, 11) is 0. The highest BCUT2D eigenvalue weighted by molar-refractivity contribution is 5.41. The van der Waals surface area contributed by atoms with Crippen molar-refractivity contribution in [2.45, 2.75) is 64.1 Å². The number of fused-ring (bicyclic) bond motifs is 5. The van der Waals surface area contributed by atoms with Crippen LogP contribution in [0, 0.1) is 17.3 Å².